The van der Waals surface area contributed by atoms with E-state index in [-0.39, 0.29) is 0 Å². The number of thiazole rings is 1. The molecule has 5 heteroatoms. The number of rotatable bonds is 5. The Balaban J connectivity index is 2.01. The van der Waals surface area contributed by atoms with Crippen molar-refractivity contribution >= 4 is 28.4 Å². The van der Waals surface area contributed by atoms with Crippen molar-refractivity contribution in [3.05, 3.63) is 41.8 Å². The second-order valence-electron chi connectivity index (χ2n) is 5.00. The molecule has 2 heterocycles. The summed E-state index contributed by atoms with van der Waals surface area (Å²) in [5.41, 5.74) is 2.33. The number of nitrogens with zero attached hydrogens (tertiary/aromatic N) is 2. The highest BCUT2D eigenvalue weighted by Gasteiger charge is 2.16. The minimum absolute atomic E-state index is 0.621. The molecular formula is C17H18N2OS2. The monoisotopic (exact) mass is 330 g/mol. The molecule has 0 aliphatic heterocycles. The van der Waals surface area contributed by atoms with Gasteiger partial charge in [0, 0.05) is 19.8 Å². The van der Waals surface area contributed by atoms with Gasteiger partial charge in [-0.1, -0.05) is 18.2 Å². The second kappa shape index (κ2) is 6.50. The Morgan fingerprint density at radius 2 is 1.91 bits per heavy atom. The molecule has 0 saturated carbocycles. The highest BCUT2D eigenvalue weighted by atomic mass is 32.1. The molecule has 3 aromatic rings. The Morgan fingerprint density at radius 1 is 1.14 bits per heavy atom. The molecule has 2 aromatic heterocycles. The minimum atomic E-state index is 0.621. The van der Waals surface area contributed by atoms with Crippen LogP contribution in [0.5, 0.6) is 5.88 Å². The van der Waals surface area contributed by atoms with E-state index in [0.29, 0.717) is 6.61 Å². The summed E-state index contributed by atoms with van der Waals surface area (Å²) in [6.45, 7) is 2.61. The van der Waals surface area contributed by atoms with Crippen LogP contribution in [0.2, 0.25) is 0 Å². The van der Waals surface area contributed by atoms with Gasteiger partial charge in [0.25, 0.3) is 0 Å². The zero-order chi connectivity index (χ0) is 15.5. The fourth-order valence-corrected chi connectivity index (χ4v) is 3.95. The van der Waals surface area contributed by atoms with Crippen molar-refractivity contribution < 1.29 is 4.74 Å². The van der Waals surface area contributed by atoms with Gasteiger partial charge in [-0.3, -0.25) is 0 Å². The number of thiophene rings is 1. The number of benzene rings is 1. The largest absolute Gasteiger partial charge is 0.477 e. The summed E-state index contributed by atoms with van der Waals surface area (Å²) in [5, 5.41) is 3.09. The summed E-state index contributed by atoms with van der Waals surface area (Å²) in [4.78, 5) is 9.04. The first-order valence-electron chi connectivity index (χ1n) is 7.14. The lowest BCUT2D eigenvalue weighted by Gasteiger charge is -2.12. The van der Waals surface area contributed by atoms with Crippen molar-refractivity contribution in [1.29, 1.82) is 0 Å². The van der Waals surface area contributed by atoms with E-state index < -0.39 is 0 Å². The van der Waals surface area contributed by atoms with Gasteiger partial charge in [0.2, 0.25) is 5.88 Å². The maximum absolute atomic E-state index is 5.74. The summed E-state index contributed by atoms with van der Waals surface area (Å²) in [6, 6.07) is 12.6. The minimum Gasteiger partial charge on any atom is -0.477 e. The molecule has 0 radical (unpaired) electrons. The van der Waals surface area contributed by atoms with Crippen LogP contribution in [0.1, 0.15) is 6.92 Å². The molecule has 0 N–H and O–H groups in total. The molecular weight excluding hydrogens is 312 g/mol. The van der Waals surface area contributed by atoms with Crippen LogP contribution >= 0.6 is 22.7 Å². The van der Waals surface area contributed by atoms with E-state index in [1.807, 2.05) is 27.1 Å². The van der Waals surface area contributed by atoms with E-state index in [4.69, 9.17) is 4.74 Å². The van der Waals surface area contributed by atoms with E-state index >= 15 is 0 Å². The van der Waals surface area contributed by atoms with Crippen LogP contribution in [0.25, 0.3) is 20.3 Å². The second-order valence-corrected chi connectivity index (χ2v) is 6.95. The van der Waals surface area contributed by atoms with E-state index in [1.165, 1.54) is 10.6 Å². The Kier molecular flexibility index (Phi) is 4.45. The highest BCUT2D eigenvalue weighted by Crippen LogP contribution is 2.41. The molecule has 0 fully saturated rings. The molecule has 22 heavy (non-hydrogen) atoms. The fourth-order valence-electron chi connectivity index (χ4n) is 2.14. The average molecular weight is 330 g/mol. The predicted molar refractivity (Wildman–Crippen MR) is 96.4 cm³/mol. The van der Waals surface area contributed by atoms with Gasteiger partial charge in [0.05, 0.1) is 16.4 Å². The smallest absolute Gasteiger partial charge is 0.233 e. The average Bonchev–Trinajstić information content (AvgIpc) is 3.16. The zero-order valence-electron chi connectivity index (χ0n) is 12.9. The maximum atomic E-state index is 5.74. The van der Waals surface area contributed by atoms with Gasteiger partial charge in [-0.15, -0.1) is 22.7 Å². The summed E-state index contributed by atoms with van der Waals surface area (Å²) >= 11 is 3.39. The number of hydrogen-bond donors (Lipinski definition) is 0. The van der Waals surface area contributed by atoms with Gasteiger partial charge in [-0.2, -0.15) is 0 Å². The van der Waals surface area contributed by atoms with Crippen LogP contribution in [-0.2, 0) is 0 Å². The Labute approximate surface area is 138 Å². The molecule has 1 aromatic carbocycles. The van der Waals surface area contributed by atoms with Crippen molar-refractivity contribution in [2.24, 2.45) is 0 Å². The van der Waals surface area contributed by atoms with Gasteiger partial charge >= 0.3 is 0 Å². The SMILES string of the molecule is CCOc1nc(-c2cccs2)sc1-c1ccc(N(C)C)cc1. The first-order chi connectivity index (χ1) is 10.7. The van der Waals surface area contributed by atoms with Crippen molar-refractivity contribution in [1.82, 2.24) is 4.98 Å². The van der Waals surface area contributed by atoms with E-state index in [1.54, 1.807) is 22.7 Å². The lowest BCUT2D eigenvalue weighted by atomic mass is 10.2. The maximum Gasteiger partial charge on any atom is 0.233 e. The Bertz CT molecular complexity index is 731. The van der Waals surface area contributed by atoms with E-state index in [9.17, 15) is 0 Å². The Hall–Kier alpha value is -1.85. The molecule has 0 saturated heterocycles. The van der Waals surface area contributed by atoms with Crippen molar-refractivity contribution in [2.45, 2.75) is 6.92 Å². The lowest BCUT2D eigenvalue weighted by Crippen LogP contribution is -2.07. The molecule has 0 unspecified atom stereocenters. The van der Waals surface area contributed by atoms with E-state index in [2.05, 4.69) is 45.6 Å². The van der Waals surface area contributed by atoms with Crippen molar-refractivity contribution in [2.75, 3.05) is 25.6 Å². The third-order valence-corrected chi connectivity index (χ3v) is 5.38. The van der Waals surface area contributed by atoms with Crippen molar-refractivity contribution in [3.8, 4) is 26.2 Å². The highest BCUT2D eigenvalue weighted by molar-refractivity contribution is 7.23. The van der Waals surface area contributed by atoms with Gasteiger partial charge in [-0.05, 0) is 36.1 Å². The summed E-state index contributed by atoms with van der Waals surface area (Å²) in [5.74, 6) is 0.730. The first-order valence-corrected chi connectivity index (χ1v) is 8.84. The molecule has 0 atom stereocenters. The zero-order valence-corrected chi connectivity index (χ0v) is 14.5. The van der Waals surface area contributed by atoms with Gasteiger partial charge in [-0.25, -0.2) is 4.98 Å². The van der Waals surface area contributed by atoms with Crippen molar-refractivity contribution in [3.63, 3.8) is 0 Å². The third kappa shape index (κ3) is 3.00. The summed E-state index contributed by atoms with van der Waals surface area (Å²) in [7, 11) is 4.09. The topological polar surface area (TPSA) is 25.4 Å². The number of aromatic nitrogens is 1. The molecule has 0 bridgehead atoms. The van der Waals surface area contributed by atoms with Gasteiger partial charge < -0.3 is 9.64 Å². The summed E-state index contributed by atoms with van der Waals surface area (Å²) in [6.07, 6.45) is 0. The van der Waals surface area contributed by atoms with Crippen LogP contribution in [0.3, 0.4) is 0 Å². The molecule has 0 aliphatic carbocycles. The van der Waals surface area contributed by atoms with Gasteiger partial charge in [0.15, 0.2) is 0 Å². The van der Waals surface area contributed by atoms with Crippen LogP contribution in [0, 0.1) is 0 Å². The molecule has 0 amide bonds. The summed E-state index contributed by atoms with van der Waals surface area (Å²) < 4.78 is 5.74. The lowest BCUT2D eigenvalue weighted by molar-refractivity contribution is 0.330. The van der Waals surface area contributed by atoms with Crippen LogP contribution < -0.4 is 9.64 Å². The van der Waals surface area contributed by atoms with E-state index in [0.717, 1.165) is 21.3 Å². The normalized spacial score (nSPS) is 10.7. The van der Waals surface area contributed by atoms with Gasteiger partial charge in [0.1, 0.15) is 5.01 Å². The predicted octanol–water partition coefficient (Wildman–Crippen LogP) is 5.00. The molecule has 3 nitrogen and oxygen atoms in total. The van der Waals surface area contributed by atoms with Crippen LogP contribution in [0.15, 0.2) is 41.8 Å². The standard InChI is InChI=1S/C17H18N2OS2/c1-4-20-16-15(12-7-9-13(10-8-12)19(2)3)22-17(18-16)14-6-5-11-21-14/h5-11H,4H2,1-3H3. The van der Waals surface area contributed by atoms with Crippen LogP contribution in [-0.4, -0.2) is 25.7 Å². The molecule has 114 valence electrons. The van der Waals surface area contributed by atoms with Crippen LogP contribution in [0.4, 0.5) is 5.69 Å². The Morgan fingerprint density at radius 3 is 2.50 bits per heavy atom. The fraction of sp³-hybridized carbons (Fsp3) is 0.235. The number of ether oxygens (including phenoxy) is 1. The first kappa shape index (κ1) is 15.1. The molecule has 0 spiro atoms. The third-order valence-electron chi connectivity index (χ3n) is 3.25. The molecule has 0 aliphatic rings. The molecule has 3 rings (SSSR count). The number of hydrogen-bond acceptors (Lipinski definition) is 5. The number of anilines is 1. The quantitative estimate of drug-likeness (QED) is 0.658.